The lowest BCUT2D eigenvalue weighted by Crippen LogP contribution is -2.45. The molecule has 0 aliphatic carbocycles. The second-order valence-electron chi connectivity index (χ2n) is 13.2. The second-order valence-corrected chi connectivity index (χ2v) is 13.2. The normalized spacial score (nSPS) is 14.7. The van der Waals surface area contributed by atoms with Gasteiger partial charge in [-0.2, -0.15) is 0 Å². The fraction of sp³-hybridized carbons (Fsp3) is 0.750. The molecule has 7 heteroatoms. The number of hydrogen-bond acceptors (Lipinski definition) is 4. The number of carbonyl (C=O) groups is 3. The van der Waals surface area contributed by atoms with Crippen LogP contribution in [0.3, 0.4) is 0 Å². The molecule has 2 amide bonds. The first-order chi connectivity index (χ1) is 20.3. The lowest BCUT2D eigenvalue weighted by Gasteiger charge is -2.34. The van der Waals surface area contributed by atoms with Crippen molar-refractivity contribution in [3.8, 4) is 0 Å². The highest BCUT2D eigenvalue weighted by Crippen LogP contribution is 2.38. The molecule has 0 aliphatic heterocycles. The van der Waals surface area contributed by atoms with E-state index in [4.69, 9.17) is 5.11 Å². The number of hydrogen-bond donors (Lipinski definition) is 3. The first-order valence-corrected chi connectivity index (χ1v) is 16.8. The number of nitrogens with one attached hydrogen (secondary N) is 2. The zero-order chi connectivity index (χ0) is 32.9. The van der Waals surface area contributed by atoms with E-state index in [9.17, 15) is 14.4 Å². The third-order valence-electron chi connectivity index (χ3n) is 8.79. The molecule has 0 saturated heterocycles. The fourth-order valence-corrected chi connectivity index (χ4v) is 5.00. The average molecular weight is 604 g/mol. The molecule has 0 spiro atoms. The Morgan fingerprint density at radius 1 is 0.814 bits per heavy atom. The van der Waals surface area contributed by atoms with E-state index in [1.807, 2.05) is 39.0 Å². The van der Waals surface area contributed by atoms with Crippen molar-refractivity contribution in [1.82, 2.24) is 15.5 Å². The lowest BCUT2D eigenvalue weighted by atomic mass is 9.72. The Morgan fingerprint density at radius 3 is 1.79 bits per heavy atom. The predicted octanol–water partition coefficient (Wildman–Crippen LogP) is 8.00. The van der Waals surface area contributed by atoms with E-state index in [0.29, 0.717) is 38.8 Å². The summed E-state index contributed by atoms with van der Waals surface area (Å²) in [5, 5.41) is 14.9. The molecule has 0 aromatic heterocycles. The maximum Gasteiger partial charge on any atom is 0.322 e. The van der Waals surface area contributed by atoms with Crippen LogP contribution in [0, 0.1) is 16.7 Å². The Balaban J connectivity index is 0.00000324. The van der Waals surface area contributed by atoms with Gasteiger partial charge < -0.3 is 15.7 Å². The van der Waals surface area contributed by atoms with Crippen molar-refractivity contribution >= 4 is 17.8 Å². The Labute approximate surface area is 264 Å². The molecule has 0 saturated carbocycles. The van der Waals surface area contributed by atoms with Crippen LogP contribution in [0.5, 0.6) is 0 Å². The van der Waals surface area contributed by atoms with Crippen LogP contribution in [-0.2, 0) is 14.4 Å². The molecule has 7 nitrogen and oxygen atoms in total. The summed E-state index contributed by atoms with van der Waals surface area (Å²) in [7, 11) is 0. The van der Waals surface area contributed by atoms with Crippen molar-refractivity contribution in [3.63, 3.8) is 0 Å². The van der Waals surface area contributed by atoms with Gasteiger partial charge in [-0.25, -0.2) is 0 Å². The van der Waals surface area contributed by atoms with Crippen molar-refractivity contribution < 1.29 is 19.5 Å². The van der Waals surface area contributed by atoms with Crippen LogP contribution in [0.15, 0.2) is 30.3 Å². The number of carbonyl (C=O) groups excluding carboxylic acids is 2. The second kappa shape index (κ2) is 22.2. The van der Waals surface area contributed by atoms with Crippen molar-refractivity contribution in [1.29, 1.82) is 0 Å². The van der Waals surface area contributed by atoms with Crippen molar-refractivity contribution in [2.75, 3.05) is 26.3 Å². The molecule has 248 valence electrons. The van der Waals surface area contributed by atoms with Crippen LogP contribution in [-0.4, -0.2) is 54.1 Å². The number of rotatable bonds is 21. The topological polar surface area (TPSA) is 98.7 Å². The molecule has 3 unspecified atom stereocenters. The zero-order valence-electron chi connectivity index (χ0n) is 29.1. The van der Waals surface area contributed by atoms with Crippen LogP contribution in [0.1, 0.15) is 138 Å². The van der Waals surface area contributed by atoms with Gasteiger partial charge in [-0.15, -0.1) is 0 Å². The molecular weight excluding hydrogens is 538 g/mol. The summed E-state index contributed by atoms with van der Waals surface area (Å²) >= 11 is 0. The molecule has 0 fully saturated rings. The van der Waals surface area contributed by atoms with Crippen molar-refractivity contribution in [3.05, 3.63) is 35.9 Å². The molecule has 0 aliphatic rings. The summed E-state index contributed by atoms with van der Waals surface area (Å²) in [6.45, 7) is 21.2. The number of benzene rings is 1. The molecule has 1 aromatic carbocycles. The van der Waals surface area contributed by atoms with E-state index in [-0.39, 0.29) is 17.7 Å². The molecule has 0 radical (unpaired) electrons. The molecule has 43 heavy (non-hydrogen) atoms. The number of carboxylic acids is 1. The molecule has 3 N–H and O–H groups in total. The van der Waals surface area contributed by atoms with Gasteiger partial charge in [0.2, 0.25) is 11.8 Å². The smallest absolute Gasteiger partial charge is 0.322 e. The minimum absolute atomic E-state index is 0.0627. The van der Waals surface area contributed by atoms with Crippen LogP contribution in [0.2, 0.25) is 0 Å². The minimum Gasteiger partial charge on any atom is -0.480 e. The quantitative estimate of drug-likeness (QED) is 0.124. The van der Waals surface area contributed by atoms with Gasteiger partial charge >= 0.3 is 5.97 Å². The Morgan fingerprint density at radius 2 is 1.33 bits per heavy atom. The van der Waals surface area contributed by atoms with E-state index in [0.717, 1.165) is 50.3 Å². The summed E-state index contributed by atoms with van der Waals surface area (Å²) in [6.07, 6.45) is 9.06. The van der Waals surface area contributed by atoms with Gasteiger partial charge in [0.25, 0.3) is 0 Å². The zero-order valence-corrected chi connectivity index (χ0v) is 29.1. The summed E-state index contributed by atoms with van der Waals surface area (Å²) in [6, 6.07) is 10.1. The highest BCUT2D eigenvalue weighted by molar-refractivity contribution is 5.85. The van der Waals surface area contributed by atoms with Gasteiger partial charge in [0.05, 0.1) is 6.67 Å². The monoisotopic (exact) mass is 603 g/mol. The third kappa shape index (κ3) is 16.9. The molecule has 0 bridgehead atoms. The first-order valence-electron chi connectivity index (χ1n) is 16.8. The van der Waals surface area contributed by atoms with E-state index in [1.54, 1.807) is 0 Å². The van der Waals surface area contributed by atoms with E-state index in [1.165, 1.54) is 6.42 Å². The van der Waals surface area contributed by atoms with E-state index >= 15 is 0 Å². The molecule has 0 heterocycles. The molecule has 3 atom stereocenters. The first kappa shape index (κ1) is 40.6. The number of carboxylic acid groups (broad SMARTS) is 1. The Kier molecular flexibility index (Phi) is 20.9. The fourth-order valence-electron chi connectivity index (χ4n) is 5.00. The van der Waals surface area contributed by atoms with Crippen LogP contribution >= 0.6 is 0 Å². The summed E-state index contributed by atoms with van der Waals surface area (Å²) in [5.74, 6) is -0.218. The van der Waals surface area contributed by atoms with Gasteiger partial charge in [0.15, 0.2) is 0 Å². The molecule has 1 rings (SSSR count). The summed E-state index contributed by atoms with van der Waals surface area (Å²) in [5.41, 5.74) is -0.115. The van der Waals surface area contributed by atoms with Gasteiger partial charge in [-0.1, -0.05) is 118 Å². The van der Waals surface area contributed by atoms with Gasteiger partial charge in [0.1, 0.15) is 6.54 Å². The van der Waals surface area contributed by atoms with Crippen molar-refractivity contribution in [2.24, 2.45) is 16.7 Å². The maximum absolute atomic E-state index is 13.3. The third-order valence-corrected chi connectivity index (χ3v) is 8.79. The standard InChI is InChI=1S/C31H53N3O4.C5H12/c1-7-10-20-34(21-11-8-2)24-33-28(37)30(5,9-3)18-15-19-31(6,29(38)32-23-27(35)36)22-25(4)26-16-13-12-14-17-26;1-4-5(2)3/h12-14,16-17,25H,7-11,15,18-24H2,1-6H3,(H,32,38)(H,33,37)(H,35,36);5H,4H2,1-3H3. The lowest BCUT2D eigenvalue weighted by molar-refractivity contribution is -0.140. The van der Waals surface area contributed by atoms with Crippen LogP contribution < -0.4 is 10.6 Å². The largest absolute Gasteiger partial charge is 0.480 e. The van der Waals surface area contributed by atoms with Gasteiger partial charge in [-0.05, 0) is 69.0 Å². The van der Waals surface area contributed by atoms with Gasteiger partial charge in [-0.3, -0.25) is 19.3 Å². The number of amides is 2. The Hall–Kier alpha value is -2.41. The minimum atomic E-state index is -1.06. The number of unbranched alkanes of at least 4 members (excludes halogenated alkanes) is 2. The van der Waals surface area contributed by atoms with Crippen molar-refractivity contribution in [2.45, 2.75) is 132 Å². The number of aliphatic carboxylic acids is 1. The van der Waals surface area contributed by atoms with Gasteiger partial charge in [0, 0.05) is 10.8 Å². The van der Waals surface area contributed by atoms with E-state index < -0.39 is 23.3 Å². The summed E-state index contributed by atoms with van der Waals surface area (Å²) < 4.78 is 0. The van der Waals surface area contributed by atoms with E-state index in [2.05, 4.69) is 69.2 Å². The highest BCUT2D eigenvalue weighted by Gasteiger charge is 2.37. The number of nitrogens with zero attached hydrogens (tertiary/aromatic N) is 1. The average Bonchev–Trinajstić information content (AvgIpc) is 2.99. The SMILES string of the molecule is CCC(C)C.CCCCN(CCCC)CNC(=O)C(C)(CC)CCCC(C)(CC(C)c1ccccc1)C(=O)NCC(=O)O. The maximum atomic E-state index is 13.3. The van der Waals surface area contributed by atoms with Crippen LogP contribution in [0.4, 0.5) is 0 Å². The van der Waals surface area contributed by atoms with Crippen LogP contribution in [0.25, 0.3) is 0 Å². The molecular formula is C36H65N3O4. The summed E-state index contributed by atoms with van der Waals surface area (Å²) in [4.78, 5) is 39.9. The predicted molar refractivity (Wildman–Crippen MR) is 180 cm³/mol. The Bertz CT molecular complexity index is 899. The molecule has 1 aromatic rings. The highest BCUT2D eigenvalue weighted by atomic mass is 16.4.